The minimum absolute atomic E-state index is 0.174. The van der Waals surface area contributed by atoms with Gasteiger partial charge in [0.15, 0.2) is 0 Å². The molecule has 0 saturated carbocycles. The number of aryl methyl sites for hydroxylation is 1. The lowest BCUT2D eigenvalue weighted by atomic mass is 10.0. The molecule has 0 spiro atoms. The minimum atomic E-state index is -0.174. The molecule has 40 heavy (non-hydrogen) atoms. The molecule has 6 nitrogen and oxygen atoms in total. The molecule has 1 N–H and O–H groups in total. The van der Waals surface area contributed by atoms with E-state index in [9.17, 15) is 4.79 Å². The van der Waals surface area contributed by atoms with Crippen LogP contribution in [-0.4, -0.2) is 35.3 Å². The highest BCUT2D eigenvalue weighted by Crippen LogP contribution is 2.29. The van der Waals surface area contributed by atoms with Crippen molar-refractivity contribution in [3.05, 3.63) is 97.0 Å². The lowest BCUT2D eigenvalue weighted by molar-refractivity contribution is -0.111. The first-order chi connectivity index (χ1) is 19.6. The second-order valence-corrected chi connectivity index (χ2v) is 10.4. The van der Waals surface area contributed by atoms with Crippen LogP contribution in [0.3, 0.4) is 0 Å². The Hall–Kier alpha value is -3.81. The standard InChI is InChI=1S/C33H37N3O3S/c1-3-5-20-38-21-22-39-30-14-10-27(11-15-30)28-8-6-7-26(23-28)9-18-32(37)35-29-12-16-31(17-13-29)40-33-24-34-25-36(33)19-4-2/h6-18,23-25H,3-5,19-22H2,1-2H3,(H,35,37)/b18-9+. The molecule has 0 atom stereocenters. The van der Waals surface area contributed by atoms with E-state index >= 15 is 0 Å². The van der Waals surface area contributed by atoms with Crippen LogP contribution in [0.4, 0.5) is 5.69 Å². The maximum Gasteiger partial charge on any atom is 0.248 e. The summed E-state index contributed by atoms with van der Waals surface area (Å²) in [5, 5.41) is 4.05. The average Bonchev–Trinajstić information content (AvgIpc) is 3.42. The Bertz CT molecular complexity index is 1360. The van der Waals surface area contributed by atoms with Crippen molar-refractivity contribution in [2.24, 2.45) is 0 Å². The molecule has 3 aromatic carbocycles. The predicted molar refractivity (Wildman–Crippen MR) is 164 cm³/mol. The minimum Gasteiger partial charge on any atom is -0.491 e. The normalized spacial score (nSPS) is 11.2. The number of nitrogens with zero attached hydrogens (tertiary/aromatic N) is 2. The fourth-order valence-corrected chi connectivity index (χ4v) is 4.90. The van der Waals surface area contributed by atoms with Crippen LogP contribution in [0.1, 0.15) is 38.7 Å². The largest absolute Gasteiger partial charge is 0.491 e. The van der Waals surface area contributed by atoms with E-state index in [0.29, 0.717) is 13.2 Å². The number of aromatic nitrogens is 2. The van der Waals surface area contributed by atoms with Gasteiger partial charge in [0.05, 0.1) is 24.2 Å². The number of benzene rings is 3. The highest BCUT2D eigenvalue weighted by molar-refractivity contribution is 7.99. The molecule has 0 bridgehead atoms. The fourth-order valence-electron chi connectivity index (χ4n) is 4.02. The van der Waals surface area contributed by atoms with Crippen molar-refractivity contribution in [2.45, 2.75) is 49.6 Å². The van der Waals surface area contributed by atoms with Crippen LogP contribution in [0.15, 0.2) is 101 Å². The van der Waals surface area contributed by atoms with Gasteiger partial charge in [-0.05, 0) is 78.1 Å². The second-order valence-electron chi connectivity index (χ2n) is 9.34. The van der Waals surface area contributed by atoms with E-state index < -0.39 is 0 Å². The van der Waals surface area contributed by atoms with Gasteiger partial charge in [-0.25, -0.2) is 4.98 Å². The van der Waals surface area contributed by atoms with Gasteiger partial charge < -0.3 is 19.4 Å². The van der Waals surface area contributed by atoms with Crippen molar-refractivity contribution in [3.63, 3.8) is 0 Å². The van der Waals surface area contributed by atoms with E-state index in [1.54, 1.807) is 17.8 Å². The third kappa shape index (κ3) is 9.14. The number of hydrogen-bond donors (Lipinski definition) is 1. The van der Waals surface area contributed by atoms with Gasteiger partial charge in [0, 0.05) is 29.8 Å². The van der Waals surface area contributed by atoms with E-state index in [2.05, 4.69) is 40.8 Å². The summed E-state index contributed by atoms with van der Waals surface area (Å²) in [5.74, 6) is 0.650. The number of hydrogen-bond acceptors (Lipinski definition) is 5. The third-order valence-electron chi connectivity index (χ3n) is 6.12. The molecule has 0 radical (unpaired) electrons. The maximum atomic E-state index is 12.6. The molecule has 4 rings (SSSR count). The molecule has 0 aliphatic rings. The Morgan fingerprint density at radius 2 is 1.77 bits per heavy atom. The monoisotopic (exact) mass is 555 g/mol. The zero-order valence-electron chi connectivity index (χ0n) is 23.2. The smallest absolute Gasteiger partial charge is 0.248 e. The number of nitrogens with one attached hydrogen (secondary N) is 1. The second kappa shape index (κ2) is 15.7. The molecule has 0 aliphatic heterocycles. The summed E-state index contributed by atoms with van der Waals surface area (Å²) < 4.78 is 13.5. The van der Waals surface area contributed by atoms with Crippen molar-refractivity contribution in [3.8, 4) is 16.9 Å². The van der Waals surface area contributed by atoms with Gasteiger partial charge >= 0.3 is 0 Å². The molecular weight excluding hydrogens is 518 g/mol. The van der Waals surface area contributed by atoms with E-state index in [1.165, 1.54) is 0 Å². The van der Waals surface area contributed by atoms with Crippen molar-refractivity contribution in [1.29, 1.82) is 0 Å². The number of amides is 1. The summed E-state index contributed by atoms with van der Waals surface area (Å²) in [5.41, 5.74) is 3.87. The Labute approximate surface area is 241 Å². The Kier molecular flexibility index (Phi) is 11.5. The van der Waals surface area contributed by atoms with Crippen LogP contribution in [0.2, 0.25) is 0 Å². The number of ether oxygens (including phenoxy) is 2. The molecule has 0 fully saturated rings. The summed E-state index contributed by atoms with van der Waals surface area (Å²) in [4.78, 5) is 17.9. The molecule has 7 heteroatoms. The predicted octanol–water partition coefficient (Wildman–Crippen LogP) is 7.96. The van der Waals surface area contributed by atoms with Gasteiger partial charge in [-0.3, -0.25) is 4.79 Å². The highest BCUT2D eigenvalue weighted by atomic mass is 32.2. The summed E-state index contributed by atoms with van der Waals surface area (Å²) in [6.45, 7) is 7.17. The van der Waals surface area contributed by atoms with E-state index in [-0.39, 0.29) is 5.91 Å². The zero-order valence-corrected chi connectivity index (χ0v) is 24.0. The quantitative estimate of drug-likeness (QED) is 0.119. The van der Waals surface area contributed by atoms with Crippen LogP contribution in [-0.2, 0) is 16.1 Å². The number of anilines is 1. The zero-order chi connectivity index (χ0) is 28.0. The van der Waals surface area contributed by atoms with Crippen molar-refractivity contribution < 1.29 is 14.3 Å². The fraction of sp³-hybridized carbons (Fsp3) is 0.273. The van der Waals surface area contributed by atoms with Crippen LogP contribution in [0, 0.1) is 0 Å². The van der Waals surface area contributed by atoms with Crippen molar-refractivity contribution >= 4 is 29.4 Å². The number of unbranched alkanes of at least 4 members (excludes halogenated alkanes) is 1. The van der Waals surface area contributed by atoms with Crippen molar-refractivity contribution in [2.75, 3.05) is 25.1 Å². The van der Waals surface area contributed by atoms with Gasteiger partial charge in [0.25, 0.3) is 0 Å². The third-order valence-corrected chi connectivity index (χ3v) is 7.18. The number of carbonyl (C=O) groups excluding carboxylic acids is 1. The Morgan fingerprint density at radius 1 is 0.950 bits per heavy atom. The van der Waals surface area contributed by atoms with Crippen LogP contribution >= 0.6 is 11.8 Å². The van der Waals surface area contributed by atoms with Crippen LogP contribution < -0.4 is 10.1 Å². The number of rotatable bonds is 15. The highest BCUT2D eigenvalue weighted by Gasteiger charge is 2.05. The van der Waals surface area contributed by atoms with Gasteiger partial charge in [0.2, 0.25) is 5.91 Å². The first-order valence-corrected chi connectivity index (χ1v) is 14.6. The lowest BCUT2D eigenvalue weighted by Crippen LogP contribution is -2.07. The van der Waals surface area contributed by atoms with E-state index in [1.807, 2.05) is 79.3 Å². The van der Waals surface area contributed by atoms with Gasteiger partial charge in [-0.15, -0.1) is 0 Å². The van der Waals surface area contributed by atoms with Crippen molar-refractivity contribution in [1.82, 2.24) is 9.55 Å². The SMILES string of the molecule is CCCCOCCOc1ccc(-c2cccc(/C=C/C(=O)Nc3ccc(Sc4cncn4CCC)cc3)c2)cc1. The molecule has 0 aliphatic carbocycles. The molecule has 1 amide bonds. The van der Waals surface area contributed by atoms with Gasteiger partial charge in [0.1, 0.15) is 12.4 Å². The molecule has 0 unspecified atom stereocenters. The molecule has 1 heterocycles. The van der Waals surface area contributed by atoms with Gasteiger partial charge in [-0.1, -0.05) is 62.4 Å². The van der Waals surface area contributed by atoms with E-state index in [0.717, 1.165) is 70.5 Å². The Morgan fingerprint density at radius 3 is 2.55 bits per heavy atom. The van der Waals surface area contributed by atoms with Crippen LogP contribution in [0.5, 0.6) is 5.75 Å². The number of carbonyl (C=O) groups is 1. The maximum absolute atomic E-state index is 12.6. The first kappa shape index (κ1) is 29.2. The van der Waals surface area contributed by atoms with E-state index in [4.69, 9.17) is 9.47 Å². The number of imidazole rings is 1. The molecule has 4 aromatic rings. The van der Waals surface area contributed by atoms with Gasteiger partial charge in [-0.2, -0.15) is 0 Å². The summed E-state index contributed by atoms with van der Waals surface area (Å²) in [7, 11) is 0. The first-order valence-electron chi connectivity index (χ1n) is 13.8. The molecule has 1 aromatic heterocycles. The summed E-state index contributed by atoms with van der Waals surface area (Å²) in [6.07, 6.45) is 10.4. The summed E-state index contributed by atoms with van der Waals surface area (Å²) in [6, 6.07) is 24.0. The Balaban J connectivity index is 1.27. The lowest BCUT2D eigenvalue weighted by Gasteiger charge is -2.08. The molecule has 208 valence electrons. The molecular formula is C33H37N3O3S. The summed E-state index contributed by atoms with van der Waals surface area (Å²) >= 11 is 1.66. The topological polar surface area (TPSA) is 65.4 Å². The molecule has 0 saturated heterocycles. The van der Waals surface area contributed by atoms with Crippen LogP contribution in [0.25, 0.3) is 17.2 Å². The average molecular weight is 556 g/mol.